The Morgan fingerprint density at radius 3 is 2.83 bits per heavy atom. The predicted molar refractivity (Wildman–Crippen MR) is 47.5 cm³/mol. The van der Waals surface area contributed by atoms with Crippen LogP contribution in [0.3, 0.4) is 0 Å². The van der Waals surface area contributed by atoms with Crippen LogP contribution in [0.5, 0.6) is 0 Å². The molecule has 0 bridgehead atoms. The lowest BCUT2D eigenvalue weighted by molar-refractivity contribution is -0.0357. The summed E-state index contributed by atoms with van der Waals surface area (Å²) in [7, 11) is 0. The fourth-order valence-corrected chi connectivity index (χ4v) is 1.11. The number of nitrogens with zero attached hydrogens (tertiary/aromatic N) is 1. The third-order valence-electron chi connectivity index (χ3n) is 1.81. The molecule has 0 unspecified atom stereocenters. The molecule has 72 valence electrons. The monoisotopic (exact) mass is 174 g/mol. The van der Waals surface area contributed by atoms with E-state index in [2.05, 4.69) is 15.7 Å². The topological polar surface area (TPSA) is 62.6 Å². The molecule has 1 aliphatic rings. The lowest BCUT2D eigenvalue weighted by Gasteiger charge is -2.26. The maximum absolute atomic E-state index is 5.28. The van der Waals surface area contributed by atoms with Crippen molar-refractivity contribution in [2.24, 2.45) is 5.73 Å². The smallest absolute Gasteiger partial charge is 0.121 e. The predicted octanol–water partition coefficient (Wildman–Crippen LogP) is -1.67. The van der Waals surface area contributed by atoms with Gasteiger partial charge >= 0.3 is 0 Å². The first kappa shape index (κ1) is 9.88. The number of hydrogen-bond acceptors (Lipinski definition) is 5. The molecule has 1 heterocycles. The minimum Gasteiger partial charge on any atom is -0.329 e. The Labute approximate surface area is 73.2 Å². The molecule has 0 aliphatic carbocycles. The van der Waals surface area contributed by atoms with Crippen LogP contribution < -0.4 is 16.5 Å². The van der Waals surface area contributed by atoms with Crippen molar-refractivity contribution in [3.05, 3.63) is 0 Å². The van der Waals surface area contributed by atoms with E-state index in [1.165, 1.54) is 0 Å². The zero-order valence-corrected chi connectivity index (χ0v) is 7.38. The molecule has 1 rings (SSSR count). The van der Waals surface area contributed by atoms with Crippen LogP contribution in [-0.2, 0) is 4.84 Å². The number of nitrogens with one attached hydrogen (secondary N) is 2. The maximum Gasteiger partial charge on any atom is 0.121 e. The van der Waals surface area contributed by atoms with Crippen LogP contribution in [0.1, 0.15) is 0 Å². The summed E-state index contributed by atoms with van der Waals surface area (Å²) in [4.78, 5) is 7.43. The van der Waals surface area contributed by atoms with E-state index >= 15 is 0 Å². The lowest BCUT2D eigenvalue weighted by Crippen LogP contribution is -2.45. The van der Waals surface area contributed by atoms with Crippen LogP contribution in [0.4, 0.5) is 0 Å². The molecule has 1 saturated heterocycles. The highest BCUT2D eigenvalue weighted by molar-refractivity contribution is 4.63. The third-order valence-corrected chi connectivity index (χ3v) is 1.81. The Hall–Kier alpha value is -0.200. The summed E-state index contributed by atoms with van der Waals surface area (Å²) in [5.41, 5.74) is 8.08. The van der Waals surface area contributed by atoms with Crippen molar-refractivity contribution >= 4 is 0 Å². The van der Waals surface area contributed by atoms with Gasteiger partial charge in [0.2, 0.25) is 0 Å². The minimum atomic E-state index is 0.613. The van der Waals surface area contributed by atoms with E-state index in [9.17, 15) is 0 Å². The van der Waals surface area contributed by atoms with E-state index in [4.69, 9.17) is 10.6 Å². The molecular weight excluding hydrogens is 156 g/mol. The van der Waals surface area contributed by atoms with Gasteiger partial charge < -0.3 is 11.1 Å². The molecule has 0 atom stereocenters. The summed E-state index contributed by atoms with van der Waals surface area (Å²) in [6, 6.07) is 0. The average Bonchev–Trinajstić information content (AvgIpc) is 2.14. The molecule has 1 aliphatic heterocycles. The van der Waals surface area contributed by atoms with Crippen LogP contribution in [-0.4, -0.2) is 50.9 Å². The van der Waals surface area contributed by atoms with Crippen molar-refractivity contribution in [1.29, 1.82) is 0 Å². The van der Waals surface area contributed by atoms with Gasteiger partial charge in [-0.15, -0.1) is 0 Å². The minimum absolute atomic E-state index is 0.613. The summed E-state index contributed by atoms with van der Waals surface area (Å²) < 4.78 is 0. The summed E-state index contributed by atoms with van der Waals surface area (Å²) in [6.07, 6.45) is 0. The number of nitrogens with two attached hydrogens (primary N) is 1. The van der Waals surface area contributed by atoms with Gasteiger partial charge in [0.15, 0.2) is 0 Å². The van der Waals surface area contributed by atoms with Crippen molar-refractivity contribution in [1.82, 2.24) is 15.7 Å². The Morgan fingerprint density at radius 2 is 2.17 bits per heavy atom. The summed E-state index contributed by atoms with van der Waals surface area (Å²) in [5.74, 6) is 0. The van der Waals surface area contributed by atoms with Crippen molar-refractivity contribution in [2.75, 3.05) is 46.0 Å². The molecule has 0 saturated carbocycles. The highest BCUT2D eigenvalue weighted by atomic mass is 16.7. The lowest BCUT2D eigenvalue weighted by atomic mass is 10.4. The van der Waals surface area contributed by atoms with Gasteiger partial charge in [-0.3, -0.25) is 9.74 Å². The largest absolute Gasteiger partial charge is 0.329 e. The Kier molecular flexibility index (Phi) is 5.21. The highest BCUT2D eigenvalue weighted by Gasteiger charge is 2.08. The zero-order chi connectivity index (χ0) is 8.65. The van der Waals surface area contributed by atoms with E-state index in [0.717, 1.165) is 26.2 Å². The molecule has 0 aromatic carbocycles. The van der Waals surface area contributed by atoms with Crippen LogP contribution in [0.2, 0.25) is 0 Å². The number of hydroxylamine groups is 1. The molecule has 5 nitrogen and oxygen atoms in total. The van der Waals surface area contributed by atoms with Crippen molar-refractivity contribution < 1.29 is 4.84 Å². The van der Waals surface area contributed by atoms with Crippen LogP contribution in [0, 0.1) is 0 Å². The molecule has 0 radical (unpaired) electrons. The Balaban J connectivity index is 1.91. The first-order valence-corrected chi connectivity index (χ1v) is 4.41. The summed E-state index contributed by atoms with van der Waals surface area (Å²) >= 11 is 0. The number of hydrogen-bond donors (Lipinski definition) is 3. The van der Waals surface area contributed by atoms with Crippen molar-refractivity contribution in [3.8, 4) is 0 Å². The first-order chi connectivity index (χ1) is 5.93. The molecule has 0 amide bonds. The second-order valence-corrected chi connectivity index (χ2v) is 2.82. The van der Waals surface area contributed by atoms with E-state index < -0.39 is 0 Å². The molecule has 4 N–H and O–H groups in total. The molecule has 1 fully saturated rings. The van der Waals surface area contributed by atoms with Gasteiger partial charge in [-0.25, -0.2) is 0 Å². The Bertz CT molecular complexity index is 106. The van der Waals surface area contributed by atoms with E-state index in [1.807, 2.05) is 0 Å². The van der Waals surface area contributed by atoms with Gasteiger partial charge in [0.05, 0.1) is 0 Å². The van der Waals surface area contributed by atoms with Crippen LogP contribution in [0.15, 0.2) is 0 Å². The second kappa shape index (κ2) is 6.33. The van der Waals surface area contributed by atoms with E-state index in [-0.39, 0.29) is 0 Å². The third kappa shape index (κ3) is 3.99. The van der Waals surface area contributed by atoms with E-state index in [0.29, 0.717) is 19.8 Å². The summed E-state index contributed by atoms with van der Waals surface area (Å²) in [6.45, 7) is 6.21. The SMILES string of the molecule is NCCNOCN1CCNCC1. The zero-order valence-electron chi connectivity index (χ0n) is 7.38. The average molecular weight is 174 g/mol. The number of rotatable bonds is 5. The molecule has 5 heteroatoms. The van der Waals surface area contributed by atoms with Gasteiger partial charge in [-0.2, -0.15) is 5.48 Å². The van der Waals surface area contributed by atoms with Crippen LogP contribution in [0.25, 0.3) is 0 Å². The fraction of sp³-hybridized carbons (Fsp3) is 1.00. The van der Waals surface area contributed by atoms with Gasteiger partial charge in [0.25, 0.3) is 0 Å². The maximum atomic E-state index is 5.28. The Morgan fingerprint density at radius 1 is 1.42 bits per heavy atom. The molecule has 0 spiro atoms. The summed E-state index contributed by atoms with van der Waals surface area (Å²) in [5, 5.41) is 3.28. The molecule has 12 heavy (non-hydrogen) atoms. The molecular formula is C7H18N4O. The van der Waals surface area contributed by atoms with Gasteiger partial charge in [0, 0.05) is 39.3 Å². The van der Waals surface area contributed by atoms with Crippen molar-refractivity contribution in [2.45, 2.75) is 0 Å². The normalized spacial score (nSPS) is 19.8. The first-order valence-electron chi connectivity index (χ1n) is 4.41. The number of piperazine rings is 1. The highest BCUT2D eigenvalue weighted by Crippen LogP contribution is 1.90. The van der Waals surface area contributed by atoms with Gasteiger partial charge in [-0.1, -0.05) is 0 Å². The van der Waals surface area contributed by atoms with Crippen molar-refractivity contribution in [3.63, 3.8) is 0 Å². The van der Waals surface area contributed by atoms with Gasteiger partial charge in [-0.05, 0) is 0 Å². The van der Waals surface area contributed by atoms with E-state index in [1.54, 1.807) is 0 Å². The van der Waals surface area contributed by atoms with Gasteiger partial charge in [0.1, 0.15) is 6.73 Å². The molecule has 0 aromatic rings. The standard InChI is InChI=1S/C7H18N4O/c8-1-2-10-12-7-11-5-3-9-4-6-11/h9-10H,1-8H2. The molecule has 0 aromatic heterocycles. The van der Waals surface area contributed by atoms with Crippen LogP contribution >= 0.6 is 0 Å². The quantitative estimate of drug-likeness (QED) is 0.343. The fourth-order valence-electron chi connectivity index (χ4n) is 1.11. The second-order valence-electron chi connectivity index (χ2n) is 2.82.